The van der Waals surface area contributed by atoms with Crippen LogP contribution in [0, 0.1) is 5.82 Å². The van der Waals surface area contributed by atoms with Gasteiger partial charge in [0.2, 0.25) is 0 Å². The normalized spacial score (nSPS) is 23.7. The number of nitrogens with zero attached hydrogens (tertiary/aromatic N) is 3. The quantitative estimate of drug-likeness (QED) is 0.540. The third kappa shape index (κ3) is 4.99. The predicted octanol–water partition coefficient (Wildman–Crippen LogP) is 3.19. The Kier molecular flexibility index (Phi) is 6.59. The van der Waals surface area contributed by atoms with Crippen LogP contribution < -0.4 is 17.2 Å². The van der Waals surface area contributed by atoms with Gasteiger partial charge >= 0.3 is 0 Å². The highest BCUT2D eigenvalue weighted by atomic mass is 19.1. The summed E-state index contributed by atoms with van der Waals surface area (Å²) in [6.07, 6.45) is 11.6. The van der Waals surface area contributed by atoms with Gasteiger partial charge in [-0.15, -0.1) is 0 Å². The van der Waals surface area contributed by atoms with Gasteiger partial charge in [-0.3, -0.25) is 9.98 Å². The van der Waals surface area contributed by atoms with E-state index in [-0.39, 0.29) is 18.2 Å². The minimum Gasteiger partial charge on any atom is -0.402 e. The van der Waals surface area contributed by atoms with Crippen molar-refractivity contribution in [1.82, 2.24) is 0 Å². The molecule has 1 unspecified atom stereocenters. The Morgan fingerprint density at radius 1 is 1.28 bits per heavy atom. The highest BCUT2D eigenvalue weighted by molar-refractivity contribution is 5.98. The van der Waals surface area contributed by atoms with Gasteiger partial charge in [0.05, 0.1) is 12.9 Å². The third-order valence-electron chi connectivity index (χ3n) is 5.21. The molecule has 0 fully saturated rings. The van der Waals surface area contributed by atoms with Crippen LogP contribution in [0.2, 0.25) is 0 Å². The van der Waals surface area contributed by atoms with E-state index in [9.17, 15) is 4.39 Å². The number of nitrogens with two attached hydrogens (primary N) is 3. The Balaban J connectivity index is 2.08. The number of aliphatic imine (C=N–C) groups is 3. The fourth-order valence-corrected chi connectivity index (χ4v) is 3.82. The van der Waals surface area contributed by atoms with Crippen LogP contribution in [0.15, 0.2) is 62.4 Å². The number of halogens is 1. The molecule has 152 valence electrons. The van der Waals surface area contributed by atoms with Crippen LogP contribution in [0.1, 0.15) is 48.8 Å². The Hall–Kier alpha value is -3.22. The van der Waals surface area contributed by atoms with Gasteiger partial charge in [0, 0.05) is 23.7 Å². The van der Waals surface area contributed by atoms with Crippen molar-refractivity contribution >= 4 is 18.4 Å². The fraction of sp³-hybridized carbons (Fsp3) is 0.318. The topological polar surface area (TPSA) is 115 Å². The summed E-state index contributed by atoms with van der Waals surface area (Å²) < 4.78 is 14.6. The average molecular weight is 394 g/mol. The molecule has 1 aliphatic carbocycles. The molecule has 1 aromatic rings. The number of rotatable bonds is 3. The fourth-order valence-electron chi connectivity index (χ4n) is 3.82. The van der Waals surface area contributed by atoms with Crippen LogP contribution in [0.4, 0.5) is 4.39 Å². The van der Waals surface area contributed by atoms with E-state index < -0.39 is 0 Å². The molecule has 0 radical (unpaired) electrons. The van der Waals surface area contributed by atoms with E-state index in [4.69, 9.17) is 17.2 Å². The number of hydrogen-bond donors (Lipinski definition) is 3. The smallest absolute Gasteiger partial charge is 0.144 e. The van der Waals surface area contributed by atoms with Gasteiger partial charge in [-0.25, -0.2) is 9.38 Å². The van der Waals surface area contributed by atoms with Gasteiger partial charge in [0.15, 0.2) is 0 Å². The van der Waals surface area contributed by atoms with E-state index in [2.05, 4.69) is 15.0 Å². The van der Waals surface area contributed by atoms with Crippen LogP contribution in [0.3, 0.4) is 0 Å². The second kappa shape index (κ2) is 9.32. The molecule has 7 heteroatoms. The minimum atomic E-state index is -0.231. The van der Waals surface area contributed by atoms with Crippen LogP contribution in [0.25, 0.3) is 0 Å². The summed E-state index contributed by atoms with van der Waals surface area (Å²) in [5, 5.41) is 0. The molecule has 1 heterocycles. The number of amidine groups is 1. The number of aryl methyl sites for hydroxylation is 1. The van der Waals surface area contributed by atoms with E-state index in [0.717, 1.165) is 36.8 Å². The number of benzene rings is 1. The lowest BCUT2D eigenvalue weighted by Crippen LogP contribution is -2.15. The maximum Gasteiger partial charge on any atom is 0.144 e. The van der Waals surface area contributed by atoms with Crippen molar-refractivity contribution in [1.29, 1.82) is 0 Å². The van der Waals surface area contributed by atoms with Crippen molar-refractivity contribution < 1.29 is 4.39 Å². The van der Waals surface area contributed by atoms with E-state index >= 15 is 0 Å². The van der Waals surface area contributed by atoms with Crippen LogP contribution >= 0.6 is 0 Å². The lowest BCUT2D eigenvalue weighted by Gasteiger charge is -2.16. The summed E-state index contributed by atoms with van der Waals surface area (Å²) >= 11 is 0. The van der Waals surface area contributed by atoms with Crippen molar-refractivity contribution in [3.05, 3.63) is 70.0 Å². The number of hydrogen-bond acceptors (Lipinski definition) is 5. The van der Waals surface area contributed by atoms with Crippen molar-refractivity contribution in [2.45, 2.75) is 45.1 Å². The first kappa shape index (κ1) is 20.5. The van der Waals surface area contributed by atoms with Crippen molar-refractivity contribution in [2.75, 3.05) is 0 Å². The van der Waals surface area contributed by atoms with Gasteiger partial charge < -0.3 is 17.2 Å². The SMILES string of the molecule is CC(N)=CC=N/C1=C/C(=C\N=CN)CCC2CCc3ccc(F)c(c32)CN=C1N. The Bertz CT molecular complexity index is 948. The van der Waals surface area contributed by atoms with Gasteiger partial charge in [-0.05, 0) is 73.4 Å². The molecule has 0 saturated heterocycles. The Morgan fingerprint density at radius 3 is 2.83 bits per heavy atom. The summed E-state index contributed by atoms with van der Waals surface area (Å²) in [5.74, 6) is 0.296. The van der Waals surface area contributed by atoms with Crippen molar-refractivity contribution in [2.24, 2.45) is 32.2 Å². The Labute approximate surface area is 170 Å². The standard InChI is InChI=1S/C22H27FN6/c1-14(25)8-9-28-20-10-15(11-27-13-24)2-3-16-4-5-17-6-7-19(23)18(21(16)17)12-29-22(20)26/h6-11,13,16H,2-5,12,25H2,1H3,(H2,24,27)(H2,26,29)/b14-8?,15-11-,20-10+,28-9?. The van der Waals surface area contributed by atoms with E-state index in [1.165, 1.54) is 18.0 Å². The highest BCUT2D eigenvalue weighted by Gasteiger charge is 2.27. The molecule has 1 aromatic carbocycles. The summed E-state index contributed by atoms with van der Waals surface area (Å²) in [4.78, 5) is 12.9. The molecular formula is C22H27FN6. The number of allylic oxidation sites excluding steroid dienone is 4. The second-order valence-corrected chi connectivity index (χ2v) is 7.30. The Morgan fingerprint density at radius 2 is 2.07 bits per heavy atom. The monoisotopic (exact) mass is 394 g/mol. The molecule has 1 atom stereocenters. The second-order valence-electron chi connectivity index (χ2n) is 7.30. The summed E-state index contributed by atoms with van der Waals surface area (Å²) in [5.41, 5.74) is 22.3. The predicted molar refractivity (Wildman–Crippen MR) is 117 cm³/mol. The molecule has 0 aromatic heterocycles. The van der Waals surface area contributed by atoms with E-state index in [1.807, 2.05) is 12.1 Å². The first-order valence-corrected chi connectivity index (χ1v) is 9.70. The molecule has 0 spiro atoms. The molecule has 0 saturated carbocycles. The van der Waals surface area contributed by atoms with Gasteiger partial charge in [-0.2, -0.15) is 0 Å². The van der Waals surface area contributed by atoms with E-state index in [1.54, 1.807) is 25.4 Å². The zero-order valence-electron chi connectivity index (χ0n) is 16.6. The third-order valence-corrected chi connectivity index (χ3v) is 5.21. The zero-order valence-corrected chi connectivity index (χ0v) is 16.6. The molecule has 29 heavy (non-hydrogen) atoms. The van der Waals surface area contributed by atoms with Crippen LogP contribution in [-0.2, 0) is 13.0 Å². The first-order valence-electron chi connectivity index (χ1n) is 9.70. The van der Waals surface area contributed by atoms with Crippen molar-refractivity contribution in [3.63, 3.8) is 0 Å². The summed E-state index contributed by atoms with van der Waals surface area (Å²) in [6.45, 7) is 1.96. The summed E-state index contributed by atoms with van der Waals surface area (Å²) in [6, 6.07) is 3.43. The first-order chi connectivity index (χ1) is 14.0. The highest BCUT2D eigenvalue weighted by Crippen LogP contribution is 2.40. The maximum atomic E-state index is 14.6. The minimum absolute atomic E-state index is 0.190. The largest absolute Gasteiger partial charge is 0.402 e. The van der Waals surface area contributed by atoms with Gasteiger partial charge in [0.1, 0.15) is 17.3 Å². The van der Waals surface area contributed by atoms with Crippen LogP contribution in [0.5, 0.6) is 0 Å². The molecule has 2 aliphatic rings. The lowest BCUT2D eigenvalue weighted by molar-refractivity contribution is 0.586. The van der Waals surface area contributed by atoms with Crippen LogP contribution in [-0.4, -0.2) is 18.4 Å². The van der Waals surface area contributed by atoms with Gasteiger partial charge in [-0.1, -0.05) is 6.07 Å². The molecule has 3 rings (SSSR count). The molecule has 1 aliphatic heterocycles. The molecule has 6 nitrogen and oxygen atoms in total. The van der Waals surface area contributed by atoms with Crippen molar-refractivity contribution in [3.8, 4) is 0 Å². The summed E-state index contributed by atoms with van der Waals surface area (Å²) in [7, 11) is 0. The average Bonchev–Trinajstić information content (AvgIpc) is 3.09. The van der Waals surface area contributed by atoms with E-state index in [0.29, 0.717) is 22.9 Å². The molecular weight excluding hydrogens is 367 g/mol. The molecule has 0 bridgehead atoms. The maximum absolute atomic E-state index is 14.6. The molecule has 0 amide bonds. The molecule has 6 N–H and O–H groups in total. The zero-order chi connectivity index (χ0) is 20.8. The lowest BCUT2D eigenvalue weighted by atomic mass is 9.90. The van der Waals surface area contributed by atoms with Gasteiger partial charge in [0.25, 0.3) is 0 Å².